The van der Waals surface area contributed by atoms with Gasteiger partial charge in [-0.05, 0) is 19.8 Å². The van der Waals surface area contributed by atoms with E-state index in [1.165, 1.54) is 23.0 Å². The van der Waals surface area contributed by atoms with E-state index in [4.69, 9.17) is 0 Å². The number of amides is 1. The molecule has 0 aromatic carbocycles. The Morgan fingerprint density at radius 2 is 2.41 bits per heavy atom. The predicted octanol–water partition coefficient (Wildman–Crippen LogP) is 2.27. The Kier molecular flexibility index (Phi) is 3.97. The van der Waals surface area contributed by atoms with E-state index in [9.17, 15) is 9.59 Å². The molecule has 0 unspecified atom stereocenters. The summed E-state index contributed by atoms with van der Waals surface area (Å²) in [6, 6.07) is 0.254. The second-order valence-electron chi connectivity index (χ2n) is 3.89. The summed E-state index contributed by atoms with van der Waals surface area (Å²) in [4.78, 5) is 29.1. The van der Waals surface area contributed by atoms with Crippen molar-refractivity contribution in [3.8, 4) is 0 Å². The highest BCUT2D eigenvalue weighted by atomic mass is 127. The van der Waals surface area contributed by atoms with Gasteiger partial charge in [-0.1, -0.05) is 0 Å². The van der Waals surface area contributed by atoms with Crippen molar-refractivity contribution < 1.29 is 12.7 Å². The van der Waals surface area contributed by atoms with Crippen LogP contribution in [0.4, 0.5) is 0 Å². The molecule has 7 heteroatoms. The molecule has 0 aliphatic carbocycles. The highest BCUT2D eigenvalue weighted by molar-refractivity contribution is 14.1. The fourth-order valence-corrected chi connectivity index (χ4v) is 2.90. The predicted molar refractivity (Wildman–Crippen MR) is 71.3 cm³/mol. The van der Waals surface area contributed by atoms with Crippen LogP contribution in [0.25, 0.3) is 0 Å². The van der Waals surface area contributed by atoms with Gasteiger partial charge in [0.05, 0.1) is 0 Å². The molecular formula is C10H11IN2O3S. The lowest BCUT2D eigenvalue weighted by molar-refractivity contribution is 0.0742. The number of carbonyl (C=O) groups is 2. The molecule has 0 spiro atoms. The minimum absolute atomic E-state index is 0.0984. The van der Waals surface area contributed by atoms with E-state index in [1.54, 1.807) is 10.3 Å². The molecule has 17 heavy (non-hydrogen) atoms. The molecule has 1 aliphatic heterocycles. The van der Waals surface area contributed by atoms with Crippen LogP contribution in [0.1, 0.15) is 40.1 Å². The monoisotopic (exact) mass is 366 g/mol. The van der Waals surface area contributed by atoms with Crippen molar-refractivity contribution in [3.05, 3.63) is 16.1 Å². The molecule has 0 radical (unpaired) electrons. The maximum absolute atomic E-state index is 12.1. The third-order valence-corrected chi connectivity index (χ3v) is 4.00. The maximum atomic E-state index is 12.1. The highest BCUT2D eigenvalue weighted by Crippen LogP contribution is 2.21. The van der Waals surface area contributed by atoms with Gasteiger partial charge in [-0.2, -0.15) is 0 Å². The molecule has 1 fully saturated rings. The molecule has 2 heterocycles. The number of hydrogen-bond acceptors (Lipinski definition) is 5. The lowest BCUT2D eigenvalue weighted by Gasteiger charge is -2.19. The Bertz CT molecular complexity index is 449. The summed E-state index contributed by atoms with van der Waals surface area (Å²) >= 11 is 2.64. The Balaban J connectivity index is 2.14. The van der Waals surface area contributed by atoms with E-state index < -0.39 is 5.97 Å². The molecule has 1 aromatic heterocycles. The van der Waals surface area contributed by atoms with Crippen molar-refractivity contribution in [2.24, 2.45) is 0 Å². The number of thiazole rings is 1. The average Bonchev–Trinajstić information content (AvgIpc) is 2.95. The zero-order valence-corrected chi connectivity index (χ0v) is 12.2. The Morgan fingerprint density at radius 1 is 1.65 bits per heavy atom. The van der Waals surface area contributed by atoms with Gasteiger partial charge < -0.3 is 7.97 Å². The molecule has 1 saturated heterocycles. The van der Waals surface area contributed by atoms with E-state index in [0.717, 1.165) is 30.7 Å². The molecule has 0 saturated carbocycles. The van der Waals surface area contributed by atoms with Gasteiger partial charge in [0.2, 0.25) is 5.01 Å². The summed E-state index contributed by atoms with van der Waals surface area (Å²) in [5.41, 5.74) is 0.334. The van der Waals surface area contributed by atoms with Crippen LogP contribution in [-0.4, -0.2) is 34.3 Å². The summed E-state index contributed by atoms with van der Waals surface area (Å²) in [7, 11) is 0. The third kappa shape index (κ3) is 2.59. The molecule has 1 aromatic rings. The summed E-state index contributed by atoms with van der Waals surface area (Å²) in [6.07, 6.45) is 2.05. The second-order valence-corrected chi connectivity index (χ2v) is 5.19. The topological polar surface area (TPSA) is 59.5 Å². The van der Waals surface area contributed by atoms with E-state index in [0.29, 0.717) is 5.69 Å². The Morgan fingerprint density at radius 3 is 3.00 bits per heavy atom. The summed E-state index contributed by atoms with van der Waals surface area (Å²) < 4.78 is 4.53. The number of nitrogens with zero attached hydrogens (tertiary/aromatic N) is 2. The van der Waals surface area contributed by atoms with Crippen molar-refractivity contribution >= 4 is 46.2 Å². The van der Waals surface area contributed by atoms with Crippen LogP contribution in [0.3, 0.4) is 0 Å². The number of halogens is 1. The average molecular weight is 366 g/mol. The van der Waals surface area contributed by atoms with E-state index in [1.807, 2.05) is 6.92 Å². The first-order chi connectivity index (χ1) is 8.13. The molecule has 1 atom stereocenters. The van der Waals surface area contributed by atoms with Crippen LogP contribution in [0.15, 0.2) is 5.38 Å². The molecule has 0 N–H and O–H groups in total. The van der Waals surface area contributed by atoms with Crippen molar-refractivity contribution in [2.75, 3.05) is 6.54 Å². The third-order valence-electron chi connectivity index (χ3n) is 2.78. The van der Waals surface area contributed by atoms with Crippen LogP contribution in [0.2, 0.25) is 0 Å². The Hall–Kier alpha value is -0.700. The summed E-state index contributed by atoms with van der Waals surface area (Å²) in [5.74, 6) is -0.608. The molecular weight excluding hydrogens is 355 g/mol. The quantitative estimate of drug-likeness (QED) is 0.754. The number of hydrogen-bond donors (Lipinski definition) is 0. The number of likely N-dealkylation sites (tertiary alicyclic amines) is 1. The zero-order valence-electron chi connectivity index (χ0n) is 9.18. The minimum atomic E-state index is -0.510. The van der Waals surface area contributed by atoms with Gasteiger partial charge in [-0.3, -0.25) is 4.79 Å². The second kappa shape index (κ2) is 5.30. The first kappa shape index (κ1) is 12.7. The lowest BCUT2D eigenvalue weighted by atomic mass is 10.2. The van der Waals surface area contributed by atoms with Crippen molar-refractivity contribution in [1.29, 1.82) is 0 Å². The normalized spacial score (nSPS) is 19.4. The van der Waals surface area contributed by atoms with Crippen molar-refractivity contribution in [1.82, 2.24) is 9.88 Å². The van der Waals surface area contributed by atoms with Gasteiger partial charge in [0.25, 0.3) is 5.91 Å². The number of carbonyl (C=O) groups excluding carboxylic acids is 2. The zero-order chi connectivity index (χ0) is 12.4. The van der Waals surface area contributed by atoms with Crippen LogP contribution in [0, 0.1) is 0 Å². The van der Waals surface area contributed by atoms with Gasteiger partial charge in [0.1, 0.15) is 5.69 Å². The van der Waals surface area contributed by atoms with Gasteiger partial charge in [-0.15, -0.1) is 11.3 Å². The van der Waals surface area contributed by atoms with Crippen molar-refractivity contribution in [3.63, 3.8) is 0 Å². The highest BCUT2D eigenvalue weighted by Gasteiger charge is 2.28. The van der Waals surface area contributed by atoms with Gasteiger partial charge in [0, 0.05) is 18.0 Å². The van der Waals surface area contributed by atoms with Crippen LogP contribution in [-0.2, 0) is 3.07 Å². The molecule has 92 valence electrons. The van der Waals surface area contributed by atoms with Crippen molar-refractivity contribution in [2.45, 2.75) is 25.8 Å². The molecule has 2 rings (SSSR count). The van der Waals surface area contributed by atoms with Gasteiger partial charge in [-0.25, -0.2) is 9.78 Å². The standard InChI is InChI=1S/C10H11IN2O3S/c1-6-3-2-4-13(6)9(14)7-5-17-8(12-7)10(15)16-11/h5-6H,2-4H2,1H3/t6-/m0/s1. The van der Waals surface area contributed by atoms with E-state index in [-0.39, 0.29) is 17.0 Å². The van der Waals surface area contributed by atoms with E-state index in [2.05, 4.69) is 8.05 Å². The fourth-order valence-electron chi connectivity index (χ4n) is 1.88. The minimum Gasteiger partial charge on any atom is -0.389 e. The fraction of sp³-hybridized carbons (Fsp3) is 0.500. The molecule has 1 amide bonds. The summed E-state index contributed by atoms with van der Waals surface area (Å²) in [6.45, 7) is 2.79. The summed E-state index contributed by atoms with van der Waals surface area (Å²) in [5, 5.41) is 1.82. The SMILES string of the molecule is C[C@H]1CCCN1C(=O)c1csc(C(=O)OI)n1. The van der Waals surface area contributed by atoms with Crippen LogP contribution in [0.5, 0.6) is 0 Å². The Labute approximate surface area is 117 Å². The number of aromatic nitrogens is 1. The first-order valence-corrected chi connectivity index (χ1v) is 6.99. The van der Waals surface area contributed by atoms with Crippen LogP contribution >= 0.6 is 34.3 Å². The van der Waals surface area contributed by atoms with Gasteiger partial charge in [0.15, 0.2) is 23.0 Å². The van der Waals surface area contributed by atoms with Crippen LogP contribution < -0.4 is 0 Å². The molecule has 0 bridgehead atoms. The van der Waals surface area contributed by atoms with E-state index >= 15 is 0 Å². The first-order valence-electron chi connectivity index (χ1n) is 5.23. The van der Waals surface area contributed by atoms with Gasteiger partial charge >= 0.3 is 5.97 Å². The molecule has 1 aliphatic rings. The molecule has 5 nitrogen and oxygen atoms in total. The number of rotatable bonds is 2. The largest absolute Gasteiger partial charge is 0.389 e. The smallest absolute Gasteiger partial charge is 0.376 e. The lowest BCUT2D eigenvalue weighted by Crippen LogP contribution is -2.33. The maximum Gasteiger partial charge on any atom is 0.376 e.